The second-order valence-corrected chi connectivity index (χ2v) is 6.46. The van der Waals surface area contributed by atoms with Crippen molar-refractivity contribution in [2.75, 3.05) is 0 Å². The molecule has 0 amide bonds. The molecule has 1 aliphatic heterocycles. The second-order valence-electron chi connectivity index (χ2n) is 6.46. The molecule has 2 aliphatic rings. The van der Waals surface area contributed by atoms with Crippen molar-refractivity contribution < 1.29 is 13.9 Å². The van der Waals surface area contributed by atoms with Gasteiger partial charge in [-0.2, -0.15) is 0 Å². The van der Waals surface area contributed by atoms with E-state index < -0.39 is 0 Å². The van der Waals surface area contributed by atoms with E-state index in [1.54, 1.807) is 24.3 Å². The lowest BCUT2D eigenvalue weighted by Crippen LogP contribution is -2.11. The molecule has 4 rings (SSSR count). The van der Waals surface area contributed by atoms with Crippen molar-refractivity contribution in [2.45, 2.75) is 19.3 Å². The number of benzene rings is 3. The number of ether oxygens (including phenoxy) is 1. The maximum absolute atomic E-state index is 12.3. The molecule has 134 valence electrons. The summed E-state index contributed by atoms with van der Waals surface area (Å²) in [5.41, 5.74) is 2.62. The van der Waals surface area contributed by atoms with Crippen molar-refractivity contribution in [1.29, 1.82) is 0 Å². The van der Waals surface area contributed by atoms with E-state index in [0.29, 0.717) is 28.3 Å². The Bertz CT molecular complexity index is 1130. The highest BCUT2D eigenvalue weighted by Crippen LogP contribution is 2.27. The van der Waals surface area contributed by atoms with E-state index in [9.17, 15) is 9.59 Å². The molecule has 0 fully saturated rings. The maximum Gasteiger partial charge on any atom is 0.311 e. The normalized spacial score (nSPS) is 12.2. The fourth-order valence-electron chi connectivity index (χ4n) is 2.97. The van der Waals surface area contributed by atoms with Gasteiger partial charge in [0, 0.05) is 12.1 Å². The first kappa shape index (κ1) is 17.0. The SMILES string of the molecule is C[C@H](CC(=O)Oc1ccc2nc3ccc(=O)cc-3oc2c1)c1ccccc1. The summed E-state index contributed by atoms with van der Waals surface area (Å²) in [6.07, 6.45) is 0.273. The van der Waals surface area contributed by atoms with Crippen LogP contribution in [-0.4, -0.2) is 11.0 Å². The van der Waals surface area contributed by atoms with Crippen LogP contribution in [0.2, 0.25) is 0 Å². The first-order valence-corrected chi connectivity index (χ1v) is 8.69. The van der Waals surface area contributed by atoms with Crippen molar-refractivity contribution in [1.82, 2.24) is 4.98 Å². The van der Waals surface area contributed by atoms with Crippen LogP contribution in [0, 0.1) is 0 Å². The second kappa shape index (κ2) is 7.03. The van der Waals surface area contributed by atoms with Gasteiger partial charge in [-0.25, -0.2) is 4.98 Å². The van der Waals surface area contributed by atoms with E-state index >= 15 is 0 Å². The van der Waals surface area contributed by atoms with E-state index in [1.165, 1.54) is 12.1 Å². The van der Waals surface area contributed by atoms with Crippen LogP contribution in [0.5, 0.6) is 5.75 Å². The van der Waals surface area contributed by atoms with Gasteiger partial charge in [-0.05, 0) is 35.7 Å². The lowest BCUT2D eigenvalue weighted by molar-refractivity contribution is -0.134. The molecule has 5 nitrogen and oxygen atoms in total. The number of hydrogen-bond donors (Lipinski definition) is 0. The van der Waals surface area contributed by atoms with Gasteiger partial charge in [-0.1, -0.05) is 37.3 Å². The Kier molecular flexibility index (Phi) is 4.42. The van der Waals surface area contributed by atoms with Gasteiger partial charge in [0.1, 0.15) is 17.0 Å². The van der Waals surface area contributed by atoms with Gasteiger partial charge in [0.05, 0.1) is 6.42 Å². The summed E-state index contributed by atoms with van der Waals surface area (Å²) in [6, 6.07) is 19.3. The lowest BCUT2D eigenvalue weighted by Gasteiger charge is -2.12. The number of fused-ring (bicyclic) bond motifs is 2. The highest BCUT2D eigenvalue weighted by Gasteiger charge is 2.14. The number of esters is 1. The molecule has 2 aromatic carbocycles. The molecule has 0 saturated heterocycles. The molecule has 0 aromatic heterocycles. The van der Waals surface area contributed by atoms with Gasteiger partial charge < -0.3 is 9.15 Å². The molecule has 1 heterocycles. The summed E-state index contributed by atoms with van der Waals surface area (Å²) < 4.78 is 11.2. The van der Waals surface area contributed by atoms with Crippen LogP contribution in [0.4, 0.5) is 0 Å². The van der Waals surface area contributed by atoms with Crippen molar-refractivity contribution in [3.05, 3.63) is 82.5 Å². The zero-order valence-electron chi connectivity index (χ0n) is 14.7. The van der Waals surface area contributed by atoms with E-state index in [1.807, 2.05) is 37.3 Å². The molecule has 0 N–H and O–H groups in total. The van der Waals surface area contributed by atoms with Crippen LogP contribution in [0.3, 0.4) is 0 Å². The van der Waals surface area contributed by atoms with Gasteiger partial charge in [-0.3, -0.25) is 9.59 Å². The van der Waals surface area contributed by atoms with E-state index in [4.69, 9.17) is 9.15 Å². The molecule has 0 saturated carbocycles. The average molecular weight is 359 g/mol. The molecule has 2 aromatic rings. The molecule has 0 radical (unpaired) electrons. The number of hydrogen-bond acceptors (Lipinski definition) is 5. The average Bonchev–Trinajstić information content (AvgIpc) is 2.67. The summed E-state index contributed by atoms with van der Waals surface area (Å²) in [5.74, 6) is 0.526. The molecule has 27 heavy (non-hydrogen) atoms. The van der Waals surface area contributed by atoms with Crippen LogP contribution in [-0.2, 0) is 4.79 Å². The Morgan fingerprint density at radius 3 is 2.70 bits per heavy atom. The standard InChI is InChI=1S/C22H17NO4/c1-14(15-5-3-2-4-6-15)11-22(25)26-17-8-10-19-21(13-17)27-20-12-16(24)7-9-18(20)23-19/h2-10,12-14H,11H2,1H3/t14-/m1/s1. The van der Waals surface area contributed by atoms with Crippen LogP contribution < -0.4 is 10.2 Å². The van der Waals surface area contributed by atoms with E-state index in [0.717, 1.165) is 5.56 Å². The first-order chi connectivity index (χ1) is 13.1. The topological polar surface area (TPSA) is 69.4 Å². The fraction of sp³-hybridized carbons (Fsp3) is 0.136. The summed E-state index contributed by atoms with van der Waals surface area (Å²) in [6.45, 7) is 1.99. The van der Waals surface area contributed by atoms with Crippen molar-refractivity contribution in [3.8, 4) is 17.2 Å². The minimum Gasteiger partial charge on any atom is -0.453 e. The third-order valence-corrected chi connectivity index (χ3v) is 4.40. The molecule has 0 unspecified atom stereocenters. The van der Waals surface area contributed by atoms with Crippen molar-refractivity contribution in [3.63, 3.8) is 0 Å². The molecule has 1 aliphatic carbocycles. The Labute approximate surface area is 155 Å². The number of carbonyl (C=O) groups excluding carboxylic acids is 1. The first-order valence-electron chi connectivity index (χ1n) is 8.69. The predicted molar refractivity (Wildman–Crippen MR) is 102 cm³/mol. The summed E-state index contributed by atoms with van der Waals surface area (Å²) in [5, 5.41) is 0. The quantitative estimate of drug-likeness (QED) is 0.307. The Morgan fingerprint density at radius 1 is 1.07 bits per heavy atom. The molecular formula is C22H17NO4. The van der Waals surface area contributed by atoms with Gasteiger partial charge in [0.25, 0.3) is 0 Å². The van der Waals surface area contributed by atoms with Gasteiger partial charge in [-0.15, -0.1) is 0 Å². The highest BCUT2D eigenvalue weighted by atomic mass is 16.5. The smallest absolute Gasteiger partial charge is 0.311 e. The van der Waals surface area contributed by atoms with Gasteiger partial charge >= 0.3 is 5.97 Å². The maximum atomic E-state index is 12.3. The Balaban J connectivity index is 1.55. The predicted octanol–water partition coefficient (Wildman–Crippen LogP) is 4.39. The van der Waals surface area contributed by atoms with E-state index in [-0.39, 0.29) is 23.7 Å². The van der Waals surface area contributed by atoms with Crippen molar-refractivity contribution >= 4 is 17.1 Å². The van der Waals surface area contributed by atoms with E-state index in [2.05, 4.69) is 4.98 Å². The summed E-state index contributed by atoms with van der Waals surface area (Å²) >= 11 is 0. The third-order valence-electron chi connectivity index (χ3n) is 4.40. The molecule has 0 bridgehead atoms. The fourth-order valence-corrected chi connectivity index (χ4v) is 2.97. The molecule has 0 spiro atoms. The van der Waals surface area contributed by atoms with Crippen LogP contribution in [0.25, 0.3) is 22.6 Å². The van der Waals surface area contributed by atoms with Crippen LogP contribution >= 0.6 is 0 Å². The van der Waals surface area contributed by atoms with Gasteiger partial charge in [0.2, 0.25) is 0 Å². The third kappa shape index (κ3) is 3.72. The Morgan fingerprint density at radius 2 is 1.89 bits per heavy atom. The summed E-state index contributed by atoms with van der Waals surface area (Å²) in [4.78, 5) is 28.2. The zero-order chi connectivity index (χ0) is 18.8. The number of rotatable bonds is 4. The Hall–Kier alpha value is -3.47. The van der Waals surface area contributed by atoms with Gasteiger partial charge in [0.15, 0.2) is 16.8 Å². The lowest BCUT2D eigenvalue weighted by atomic mass is 9.98. The summed E-state index contributed by atoms with van der Waals surface area (Å²) in [7, 11) is 0. The highest BCUT2D eigenvalue weighted by molar-refractivity contribution is 5.79. The van der Waals surface area contributed by atoms with Crippen LogP contribution in [0.1, 0.15) is 24.8 Å². The minimum absolute atomic E-state index is 0.0601. The molecular weight excluding hydrogens is 342 g/mol. The zero-order valence-corrected chi connectivity index (χ0v) is 14.7. The number of nitrogens with zero attached hydrogens (tertiary/aromatic N) is 1. The monoisotopic (exact) mass is 359 g/mol. The molecule has 1 atom stereocenters. The number of aromatic nitrogens is 1. The molecule has 5 heteroatoms. The number of carbonyl (C=O) groups is 1. The van der Waals surface area contributed by atoms with Crippen LogP contribution in [0.15, 0.2) is 75.9 Å². The van der Waals surface area contributed by atoms with Crippen molar-refractivity contribution in [2.24, 2.45) is 0 Å². The largest absolute Gasteiger partial charge is 0.453 e. The minimum atomic E-state index is -0.318.